The number of benzene rings is 3. The first-order valence-electron chi connectivity index (χ1n) is 12.6. The van der Waals surface area contributed by atoms with Crippen LogP contribution in [0.15, 0.2) is 66.7 Å². The third-order valence-electron chi connectivity index (χ3n) is 6.49. The Balaban J connectivity index is 1.88. The van der Waals surface area contributed by atoms with Gasteiger partial charge in [-0.25, -0.2) is 4.79 Å². The topological polar surface area (TPSA) is 75.6 Å². The third-order valence-corrected chi connectivity index (χ3v) is 6.49. The minimum Gasteiger partial charge on any atom is -0.480 e. The molecule has 2 atom stereocenters. The van der Waals surface area contributed by atoms with E-state index < -0.39 is 12.0 Å². The molecule has 5 nitrogen and oxygen atoms in total. The Labute approximate surface area is 214 Å². The summed E-state index contributed by atoms with van der Waals surface area (Å²) >= 11 is 0. The molecule has 1 amide bonds. The number of hydrogen-bond acceptors (Lipinski definition) is 3. The highest BCUT2D eigenvalue weighted by atomic mass is 16.5. The van der Waals surface area contributed by atoms with Gasteiger partial charge in [-0.1, -0.05) is 81.8 Å². The van der Waals surface area contributed by atoms with Gasteiger partial charge in [0.15, 0.2) is 0 Å². The normalized spacial score (nSPS) is 12.8. The van der Waals surface area contributed by atoms with E-state index in [0.717, 1.165) is 27.8 Å². The Bertz CT molecular complexity index is 1200. The SMILES string of the molecule is CCCC(NC(=O)c1ccc(COC(C)c2cccc(C(C)C)c2)cc1-c1ccccc1C)C(=O)O. The molecule has 0 aromatic heterocycles. The Hall–Kier alpha value is -3.44. The molecule has 5 heteroatoms. The highest BCUT2D eigenvalue weighted by Crippen LogP contribution is 2.30. The van der Waals surface area contributed by atoms with Crippen LogP contribution in [0.3, 0.4) is 0 Å². The van der Waals surface area contributed by atoms with Crippen LogP contribution in [-0.2, 0) is 16.1 Å². The van der Waals surface area contributed by atoms with Gasteiger partial charge < -0.3 is 15.2 Å². The second kappa shape index (κ2) is 12.5. The molecule has 2 unspecified atom stereocenters. The van der Waals surface area contributed by atoms with E-state index in [1.165, 1.54) is 5.56 Å². The number of amides is 1. The van der Waals surface area contributed by atoms with Gasteiger partial charge in [-0.15, -0.1) is 0 Å². The summed E-state index contributed by atoms with van der Waals surface area (Å²) in [5.74, 6) is -0.964. The lowest BCUT2D eigenvalue weighted by molar-refractivity contribution is -0.139. The molecule has 0 aliphatic rings. The van der Waals surface area contributed by atoms with Gasteiger partial charge in [-0.05, 0) is 71.7 Å². The fraction of sp³-hybridized carbons (Fsp3) is 0.355. The number of aryl methyl sites for hydroxylation is 1. The van der Waals surface area contributed by atoms with Gasteiger partial charge in [-0.2, -0.15) is 0 Å². The van der Waals surface area contributed by atoms with Crippen LogP contribution in [0.4, 0.5) is 0 Å². The molecule has 0 radical (unpaired) electrons. The molecule has 0 fully saturated rings. The summed E-state index contributed by atoms with van der Waals surface area (Å²) in [5.41, 5.74) is 6.54. The van der Waals surface area contributed by atoms with Crippen LogP contribution in [-0.4, -0.2) is 23.0 Å². The number of nitrogens with one attached hydrogen (secondary N) is 1. The fourth-order valence-electron chi connectivity index (χ4n) is 4.25. The molecule has 0 aliphatic heterocycles. The van der Waals surface area contributed by atoms with Crippen LogP contribution in [0.5, 0.6) is 0 Å². The van der Waals surface area contributed by atoms with Crippen molar-refractivity contribution < 1.29 is 19.4 Å². The van der Waals surface area contributed by atoms with Crippen molar-refractivity contribution >= 4 is 11.9 Å². The Morgan fingerprint density at radius 1 is 0.917 bits per heavy atom. The number of hydrogen-bond donors (Lipinski definition) is 2. The lowest BCUT2D eigenvalue weighted by atomic mass is 9.93. The van der Waals surface area contributed by atoms with Crippen molar-refractivity contribution in [3.63, 3.8) is 0 Å². The number of carboxylic acid groups (broad SMARTS) is 1. The van der Waals surface area contributed by atoms with Gasteiger partial charge in [0, 0.05) is 5.56 Å². The molecule has 36 heavy (non-hydrogen) atoms. The lowest BCUT2D eigenvalue weighted by Gasteiger charge is -2.19. The van der Waals surface area contributed by atoms with E-state index in [1.54, 1.807) is 6.07 Å². The second-order valence-electron chi connectivity index (χ2n) is 9.63. The number of carbonyl (C=O) groups is 2. The molecule has 0 saturated heterocycles. The fourth-order valence-corrected chi connectivity index (χ4v) is 4.25. The molecule has 3 rings (SSSR count). The van der Waals surface area contributed by atoms with E-state index in [2.05, 4.69) is 43.4 Å². The maximum Gasteiger partial charge on any atom is 0.326 e. The van der Waals surface area contributed by atoms with Crippen LogP contribution < -0.4 is 5.32 Å². The Morgan fingerprint density at radius 2 is 1.64 bits per heavy atom. The highest BCUT2D eigenvalue weighted by molar-refractivity contribution is 6.02. The van der Waals surface area contributed by atoms with E-state index in [1.807, 2.05) is 57.2 Å². The van der Waals surface area contributed by atoms with Gasteiger partial charge in [-0.3, -0.25) is 4.79 Å². The summed E-state index contributed by atoms with van der Waals surface area (Å²) < 4.78 is 6.22. The van der Waals surface area contributed by atoms with Crippen molar-refractivity contribution in [3.05, 3.63) is 94.5 Å². The van der Waals surface area contributed by atoms with Crippen LogP contribution in [0.25, 0.3) is 11.1 Å². The van der Waals surface area contributed by atoms with Gasteiger partial charge in [0.25, 0.3) is 5.91 Å². The van der Waals surface area contributed by atoms with Crippen LogP contribution in [0.2, 0.25) is 0 Å². The molecular formula is C31H37NO4. The standard InChI is InChI=1S/C31H37NO4/c1-6-10-29(31(34)35)32-30(33)27-16-15-23(17-28(27)26-14-8-7-11-21(26)4)19-36-22(5)25-13-9-12-24(18-25)20(2)3/h7-9,11-18,20,22,29H,6,10,19H2,1-5H3,(H,32,33)(H,34,35). The zero-order valence-electron chi connectivity index (χ0n) is 21.9. The maximum atomic E-state index is 13.2. The molecule has 2 N–H and O–H groups in total. The van der Waals surface area contributed by atoms with Crippen LogP contribution >= 0.6 is 0 Å². The minimum atomic E-state index is -1.02. The summed E-state index contributed by atoms with van der Waals surface area (Å²) in [4.78, 5) is 24.8. The number of carboxylic acids is 1. The molecule has 3 aromatic carbocycles. The van der Waals surface area contributed by atoms with Gasteiger partial charge in [0.2, 0.25) is 0 Å². The Kier molecular flexibility index (Phi) is 9.43. The summed E-state index contributed by atoms with van der Waals surface area (Å²) in [6.45, 7) is 10.7. The Morgan fingerprint density at radius 3 is 2.31 bits per heavy atom. The molecule has 190 valence electrons. The smallest absolute Gasteiger partial charge is 0.326 e. The van der Waals surface area contributed by atoms with E-state index in [4.69, 9.17) is 4.74 Å². The molecular weight excluding hydrogens is 450 g/mol. The van der Waals surface area contributed by atoms with Crippen molar-refractivity contribution in [1.82, 2.24) is 5.32 Å². The maximum absolute atomic E-state index is 13.2. The monoisotopic (exact) mass is 487 g/mol. The average Bonchev–Trinajstić information content (AvgIpc) is 2.87. The predicted molar refractivity (Wildman–Crippen MR) is 144 cm³/mol. The number of carbonyl (C=O) groups excluding carboxylic acids is 1. The molecule has 0 saturated carbocycles. The highest BCUT2D eigenvalue weighted by Gasteiger charge is 2.22. The van der Waals surface area contributed by atoms with Crippen LogP contribution in [0, 0.1) is 6.92 Å². The van der Waals surface area contributed by atoms with Gasteiger partial charge in [0.05, 0.1) is 12.7 Å². The number of rotatable bonds is 11. The third kappa shape index (κ3) is 6.82. The van der Waals surface area contributed by atoms with E-state index in [9.17, 15) is 14.7 Å². The molecule has 0 heterocycles. The minimum absolute atomic E-state index is 0.0843. The number of ether oxygens (including phenoxy) is 1. The van der Waals surface area contributed by atoms with Crippen molar-refractivity contribution in [3.8, 4) is 11.1 Å². The zero-order valence-corrected chi connectivity index (χ0v) is 21.9. The summed E-state index contributed by atoms with van der Waals surface area (Å²) in [5, 5.41) is 12.2. The van der Waals surface area contributed by atoms with Crippen molar-refractivity contribution in [2.75, 3.05) is 0 Å². The molecule has 0 aliphatic carbocycles. The van der Waals surface area contributed by atoms with Gasteiger partial charge in [0.1, 0.15) is 6.04 Å². The largest absolute Gasteiger partial charge is 0.480 e. The molecule has 3 aromatic rings. The predicted octanol–water partition coefficient (Wildman–Crippen LogP) is 7.05. The van der Waals surface area contributed by atoms with Gasteiger partial charge >= 0.3 is 5.97 Å². The second-order valence-corrected chi connectivity index (χ2v) is 9.63. The van der Waals surface area contributed by atoms with Crippen LogP contribution in [0.1, 0.15) is 85.2 Å². The van der Waals surface area contributed by atoms with Crippen molar-refractivity contribution in [1.29, 1.82) is 0 Å². The molecule has 0 spiro atoms. The average molecular weight is 488 g/mol. The first-order valence-corrected chi connectivity index (χ1v) is 12.6. The quantitative estimate of drug-likeness (QED) is 0.304. The lowest BCUT2D eigenvalue weighted by Crippen LogP contribution is -2.40. The van der Waals surface area contributed by atoms with E-state index in [-0.39, 0.29) is 12.0 Å². The first-order chi connectivity index (χ1) is 17.2. The van der Waals surface area contributed by atoms with E-state index in [0.29, 0.717) is 30.9 Å². The first kappa shape index (κ1) is 27.2. The van der Waals surface area contributed by atoms with E-state index >= 15 is 0 Å². The summed E-state index contributed by atoms with van der Waals surface area (Å²) in [7, 11) is 0. The summed E-state index contributed by atoms with van der Waals surface area (Å²) in [6, 6.07) is 21.1. The van der Waals surface area contributed by atoms with Crippen molar-refractivity contribution in [2.45, 2.75) is 72.1 Å². The van der Waals surface area contributed by atoms with Crippen molar-refractivity contribution in [2.24, 2.45) is 0 Å². The zero-order chi connectivity index (χ0) is 26.2. The molecule has 0 bridgehead atoms. The summed E-state index contributed by atoms with van der Waals surface area (Å²) in [6.07, 6.45) is 0.956. The number of aliphatic carboxylic acids is 1.